The van der Waals surface area contributed by atoms with Crippen molar-refractivity contribution in [2.75, 3.05) is 7.11 Å². The summed E-state index contributed by atoms with van der Waals surface area (Å²) in [6.07, 6.45) is 1.96. The first kappa shape index (κ1) is 11.0. The third-order valence-corrected chi connectivity index (χ3v) is 3.75. The molecule has 0 saturated heterocycles. The van der Waals surface area contributed by atoms with Crippen LogP contribution < -0.4 is 0 Å². The maximum absolute atomic E-state index is 11.8. The van der Waals surface area contributed by atoms with Crippen LogP contribution in [0.25, 0.3) is 16.1 Å². The van der Waals surface area contributed by atoms with E-state index in [-0.39, 0.29) is 5.97 Å². The number of thiophene rings is 1. The minimum atomic E-state index is -0.304. The van der Waals surface area contributed by atoms with Crippen molar-refractivity contribution >= 4 is 22.8 Å². The van der Waals surface area contributed by atoms with Gasteiger partial charge in [-0.25, -0.2) is 4.79 Å². The number of ether oxygens (including phenoxy) is 1. The number of esters is 1. The molecule has 18 heavy (non-hydrogen) atoms. The normalized spacial score (nSPS) is 10.7. The predicted octanol–water partition coefficient (Wildman–Crippen LogP) is 3.45. The van der Waals surface area contributed by atoms with E-state index in [4.69, 9.17) is 4.74 Å². The van der Waals surface area contributed by atoms with Gasteiger partial charge in [0.05, 0.1) is 28.8 Å². The van der Waals surface area contributed by atoms with Crippen LogP contribution >= 0.6 is 11.3 Å². The fourth-order valence-electron chi connectivity index (χ4n) is 2.04. The highest BCUT2D eigenvalue weighted by molar-refractivity contribution is 7.13. The van der Waals surface area contributed by atoms with E-state index in [1.807, 2.05) is 52.4 Å². The first-order valence-electron chi connectivity index (χ1n) is 5.53. The van der Waals surface area contributed by atoms with Crippen LogP contribution in [0.3, 0.4) is 0 Å². The lowest BCUT2D eigenvalue weighted by atomic mass is 10.2. The molecule has 0 aliphatic carbocycles. The number of methoxy groups -OCH3 is 1. The van der Waals surface area contributed by atoms with Crippen LogP contribution in [0.2, 0.25) is 0 Å². The highest BCUT2D eigenvalue weighted by atomic mass is 32.1. The number of rotatable bonds is 2. The molecule has 3 nitrogen and oxygen atoms in total. The Balaban J connectivity index is 2.31. The zero-order valence-electron chi connectivity index (χ0n) is 9.79. The zero-order chi connectivity index (χ0) is 12.5. The second-order valence-corrected chi connectivity index (χ2v) is 4.82. The van der Waals surface area contributed by atoms with E-state index in [1.165, 1.54) is 7.11 Å². The summed E-state index contributed by atoms with van der Waals surface area (Å²) in [5, 5.41) is 2.02. The SMILES string of the molecule is COC(=O)c1cc(-c2cccs2)n2ccccc12. The van der Waals surface area contributed by atoms with Crippen molar-refractivity contribution in [3.8, 4) is 10.6 Å². The molecule has 0 fully saturated rings. The maximum Gasteiger partial charge on any atom is 0.340 e. The maximum atomic E-state index is 11.8. The average molecular weight is 257 g/mol. The molecule has 0 bridgehead atoms. The predicted molar refractivity (Wildman–Crippen MR) is 72.0 cm³/mol. The lowest BCUT2D eigenvalue weighted by Gasteiger charge is -1.99. The first-order chi connectivity index (χ1) is 8.81. The van der Waals surface area contributed by atoms with Crippen molar-refractivity contribution in [3.05, 3.63) is 53.5 Å². The third kappa shape index (κ3) is 1.62. The lowest BCUT2D eigenvalue weighted by molar-refractivity contribution is 0.0603. The summed E-state index contributed by atoms with van der Waals surface area (Å²) in [5.74, 6) is -0.304. The monoisotopic (exact) mass is 257 g/mol. The van der Waals surface area contributed by atoms with Gasteiger partial charge in [0.15, 0.2) is 0 Å². The van der Waals surface area contributed by atoms with Gasteiger partial charge in [0.25, 0.3) is 0 Å². The average Bonchev–Trinajstić information content (AvgIpc) is 3.04. The molecule has 0 saturated carbocycles. The van der Waals surface area contributed by atoms with Crippen LogP contribution in [0.1, 0.15) is 10.4 Å². The van der Waals surface area contributed by atoms with Crippen LogP contribution in [-0.4, -0.2) is 17.5 Å². The molecule has 3 heterocycles. The fourth-order valence-corrected chi connectivity index (χ4v) is 2.78. The van der Waals surface area contributed by atoms with Gasteiger partial charge in [-0.3, -0.25) is 0 Å². The van der Waals surface area contributed by atoms with Gasteiger partial charge in [-0.15, -0.1) is 11.3 Å². The number of nitrogens with zero attached hydrogens (tertiary/aromatic N) is 1. The van der Waals surface area contributed by atoms with Crippen molar-refractivity contribution < 1.29 is 9.53 Å². The van der Waals surface area contributed by atoms with Crippen molar-refractivity contribution in [2.24, 2.45) is 0 Å². The van der Waals surface area contributed by atoms with Gasteiger partial charge in [-0.1, -0.05) is 12.1 Å². The number of hydrogen-bond acceptors (Lipinski definition) is 3. The summed E-state index contributed by atoms with van der Waals surface area (Å²) in [7, 11) is 1.40. The standard InChI is InChI=1S/C14H11NO2S/c1-17-14(16)10-9-12(13-6-4-8-18-13)15-7-3-2-5-11(10)15/h2-9H,1H3. The van der Waals surface area contributed by atoms with E-state index in [2.05, 4.69) is 0 Å². The largest absolute Gasteiger partial charge is 0.465 e. The van der Waals surface area contributed by atoms with Gasteiger partial charge in [0.1, 0.15) is 0 Å². The van der Waals surface area contributed by atoms with Crippen molar-refractivity contribution in [3.63, 3.8) is 0 Å². The van der Waals surface area contributed by atoms with Gasteiger partial charge < -0.3 is 9.14 Å². The Kier molecular flexibility index (Phi) is 2.64. The Labute approximate surface area is 108 Å². The van der Waals surface area contributed by atoms with Gasteiger partial charge >= 0.3 is 5.97 Å². The smallest absolute Gasteiger partial charge is 0.340 e. The van der Waals surface area contributed by atoms with Crippen LogP contribution in [0.5, 0.6) is 0 Å². The number of pyridine rings is 1. The lowest BCUT2D eigenvalue weighted by Crippen LogP contribution is -1.99. The minimum absolute atomic E-state index is 0.304. The number of hydrogen-bond donors (Lipinski definition) is 0. The van der Waals surface area contributed by atoms with Gasteiger partial charge in [0.2, 0.25) is 0 Å². The molecule has 3 aromatic heterocycles. The Bertz CT molecular complexity index is 698. The van der Waals surface area contributed by atoms with Crippen LogP contribution in [0.4, 0.5) is 0 Å². The highest BCUT2D eigenvalue weighted by Gasteiger charge is 2.16. The Morgan fingerprint density at radius 1 is 1.28 bits per heavy atom. The quantitative estimate of drug-likeness (QED) is 0.658. The topological polar surface area (TPSA) is 30.7 Å². The van der Waals surface area contributed by atoms with Crippen molar-refractivity contribution in [1.29, 1.82) is 0 Å². The molecule has 4 heteroatoms. The molecule has 0 spiro atoms. The molecule has 0 amide bonds. The van der Waals surface area contributed by atoms with Crippen molar-refractivity contribution in [2.45, 2.75) is 0 Å². The molecule has 0 N–H and O–H groups in total. The van der Waals surface area contributed by atoms with E-state index >= 15 is 0 Å². The second kappa shape index (κ2) is 4.31. The molecule has 0 aliphatic heterocycles. The Morgan fingerprint density at radius 2 is 2.17 bits per heavy atom. The summed E-state index contributed by atoms with van der Waals surface area (Å²) in [4.78, 5) is 12.9. The number of carbonyl (C=O) groups is 1. The van der Waals surface area contributed by atoms with E-state index in [9.17, 15) is 4.79 Å². The Morgan fingerprint density at radius 3 is 2.89 bits per heavy atom. The molecular formula is C14H11NO2S. The summed E-state index contributed by atoms with van der Waals surface area (Å²) in [6.45, 7) is 0. The van der Waals surface area contributed by atoms with E-state index in [1.54, 1.807) is 11.3 Å². The van der Waals surface area contributed by atoms with Crippen molar-refractivity contribution in [1.82, 2.24) is 4.40 Å². The summed E-state index contributed by atoms with van der Waals surface area (Å²) >= 11 is 1.65. The Hall–Kier alpha value is -2.07. The molecular weight excluding hydrogens is 246 g/mol. The molecule has 0 unspecified atom stereocenters. The van der Waals surface area contributed by atoms with E-state index < -0.39 is 0 Å². The zero-order valence-corrected chi connectivity index (χ0v) is 10.6. The fraction of sp³-hybridized carbons (Fsp3) is 0.0714. The molecule has 0 radical (unpaired) electrons. The second-order valence-electron chi connectivity index (χ2n) is 3.87. The molecule has 0 aliphatic rings. The first-order valence-corrected chi connectivity index (χ1v) is 6.41. The van der Waals surface area contributed by atoms with Crippen LogP contribution in [-0.2, 0) is 4.74 Å². The molecule has 0 aromatic carbocycles. The number of aromatic nitrogens is 1. The van der Waals surface area contributed by atoms with Crippen LogP contribution in [0, 0.1) is 0 Å². The van der Waals surface area contributed by atoms with Gasteiger partial charge in [-0.05, 0) is 29.6 Å². The number of carbonyl (C=O) groups excluding carboxylic acids is 1. The van der Waals surface area contributed by atoms with E-state index in [0.29, 0.717) is 5.56 Å². The summed E-state index contributed by atoms with van der Waals surface area (Å²) in [5.41, 5.74) is 2.48. The molecule has 90 valence electrons. The summed E-state index contributed by atoms with van der Waals surface area (Å²) in [6, 6.07) is 11.7. The minimum Gasteiger partial charge on any atom is -0.465 e. The molecule has 0 atom stereocenters. The third-order valence-electron chi connectivity index (χ3n) is 2.86. The van der Waals surface area contributed by atoms with Gasteiger partial charge in [-0.2, -0.15) is 0 Å². The number of fused-ring (bicyclic) bond motifs is 1. The molecule has 3 aromatic rings. The van der Waals surface area contributed by atoms with Gasteiger partial charge in [0, 0.05) is 6.20 Å². The molecule has 3 rings (SSSR count). The summed E-state index contributed by atoms with van der Waals surface area (Å²) < 4.78 is 6.84. The highest BCUT2D eigenvalue weighted by Crippen LogP contribution is 2.29. The van der Waals surface area contributed by atoms with E-state index in [0.717, 1.165) is 16.1 Å². The van der Waals surface area contributed by atoms with Crippen LogP contribution in [0.15, 0.2) is 48.0 Å².